The van der Waals surface area contributed by atoms with Crippen LogP contribution < -0.4 is 5.32 Å². The van der Waals surface area contributed by atoms with Crippen molar-refractivity contribution in [2.45, 2.75) is 91.5 Å². The highest BCUT2D eigenvalue weighted by Gasteiger charge is 2.33. The van der Waals surface area contributed by atoms with E-state index in [9.17, 15) is 9.59 Å². The van der Waals surface area contributed by atoms with Crippen LogP contribution in [0.15, 0.2) is 42.6 Å². The van der Waals surface area contributed by atoms with Crippen LogP contribution in [0.3, 0.4) is 0 Å². The van der Waals surface area contributed by atoms with Crippen LogP contribution in [0.1, 0.15) is 94.3 Å². The average Bonchev–Trinajstić information content (AvgIpc) is 2.79. The van der Waals surface area contributed by atoms with Crippen LogP contribution in [0.2, 0.25) is 0 Å². The van der Waals surface area contributed by atoms with E-state index in [4.69, 9.17) is 9.47 Å². The molecule has 1 aromatic carbocycles. The van der Waals surface area contributed by atoms with E-state index in [1.807, 2.05) is 52.0 Å². The summed E-state index contributed by atoms with van der Waals surface area (Å²) in [6.45, 7) is 12.0. The zero-order valence-electron chi connectivity index (χ0n) is 21.3. The Kier molecular flexibility index (Phi) is 8.13. The van der Waals surface area contributed by atoms with Crippen molar-refractivity contribution in [1.29, 1.82) is 0 Å². The van der Waals surface area contributed by atoms with Crippen molar-refractivity contribution in [1.82, 2.24) is 4.98 Å². The van der Waals surface area contributed by atoms with E-state index in [2.05, 4.69) is 24.1 Å². The molecule has 6 nitrogen and oxygen atoms in total. The van der Waals surface area contributed by atoms with Gasteiger partial charge in [-0.3, -0.25) is 4.79 Å². The topological polar surface area (TPSA) is 77.5 Å². The van der Waals surface area contributed by atoms with Crippen molar-refractivity contribution >= 4 is 17.7 Å². The van der Waals surface area contributed by atoms with Gasteiger partial charge < -0.3 is 14.8 Å². The van der Waals surface area contributed by atoms with Gasteiger partial charge in [0, 0.05) is 6.20 Å². The van der Waals surface area contributed by atoms with Gasteiger partial charge in [0.2, 0.25) is 0 Å². The smallest absolute Gasteiger partial charge is 0.340 e. The number of pyridine rings is 1. The Morgan fingerprint density at radius 3 is 2.29 bits per heavy atom. The third-order valence-electron chi connectivity index (χ3n) is 6.59. The van der Waals surface area contributed by atoms with E-state index in [0.717, 1.165) is 43.2 Å². The second-order valence-corrected chi connectivity index (χ2v) is 10.7. The number of esters is 1. The molecule has 6 heteroatoms. The van der Waals surface area contributed by atoms with Crippen LogP contribution in [-0.4, -0.2) is 28.6 Å². The number of carbonyl (C=O) groups excluding carboxylic acids is 2. The van der Waals surface area contributed by atoms with Gasteiger partial charge in [0.05, 0.1) is 11.7 Å². The number of nitrogens with zero attached hydrogens (tertiary/aromatic N) is 1. The summed E-state index contributed by atoms with van der Waals surface area (Å²) < 4.78 is 11.8. The summed E-state index contributed by atoms with van der Waals surface area (Å²) >= 11 is 0. The molecule has 1 atom stereocenters. The number of carbonyl (C=O) groups is 2. The Labute approximate surface area is 203 Å². The zero-order valence-corrected chi connectivity index (χ0v) is 21.3. The standard InChI is InChI=1S/C28H38N2O4/c1-7-28(6)16-14-22(15-17-28)33-24(20-10-8-19(2)9-11-20)25(31)30-23-13-12-21(18-29-23)26(32)34-27(3,4)5/h8-13,18,22,24H,7,14-17H2,1-6H3,(H,29,30,31). The Bertz CT molecular complexity index is 969. The third-order valence-corrected chi connectivity index (χ3v) is 6.59. The molecule has 1 saturated carbocycles. The van der Waals surface area contributed by atoms with Crippen LogP contribution in [0.25, 0.3) is 0 Å². The van der Waals surface area contributed by atoms with E-state index in [1.54, 1.807) is 12.1 Å². The quantitative estimate of drug-likeness (QED) is 0.478. The number of aryl methyl sites for hydroxylation is 1. The minimum atomic E-state index is -0.732. The number of aromatic nitrogens is 1. The Morgan fingerprint density at radius 1 is 1.12 bits per heavy atom. The molecule has 34 heavy (non-hydrogen) atoms. The number of hydrogen-bond acceptors (Lipinski definition) is 5. The largest absolute Gasteiger partial charge is 0.456 e. The van der Waals surface area contributed by atoms with Crippen molar-refractivity contribution in [2.24, 2.45) is 5.41 Å². The van der Waals surface area contributed by atoms with Gasteiger partial charge in [-0.1, -0.05) is 50.1 Å². The van der Waals surface area contributed by atoms with Crippen LogP contribution >= 0.6 is 0 Å². The lowest BCUT2D eigenvalue weighted by molar-refractivity contribution is -0.134. The first-order chi connectivity index (χ1) is 16.0. The maximum Gasteiger partial charge on any atom is 0.340 e. The highest BCUT2D eigenvalue weighted by molar-refractivity contribution is 5.95. The fraction of sp³-hybridized carbons (Fsp3) is 0.536. The van der Waals surface area contributed by atoms with Crippen LogP contribution in [0, 0.1) is 12.3 Å². The molecule has 0 bridgehead atoms. The van der Waals surface area contributed by atoms with E-state index < -0.39 is 17.7 Å². The molecule has 0 saturated heterocycles. The zero-order chi connectivity index (χ0) is 24.9. The monoisotopic (exact) mass is 466 g/mol. The molecule has 1 aliphatic carbocycles. The van der Waals surface area contributed by atoms with Gasteiger partial charge in [0.1, 0.15) is 11.4 Å². The lowest BCUT2D eigenvalue weighted by Gasteiger charge is -2.37. The van der Waals surface area contributed by atoms with Gasteiger partial charge >= 0.3 is 5.97 Å². The second kappa shape index (κ2) is 10.7. The number of rotatable bonds is 7. The van der Waals surface area contributed by atoms with Gasteiger partial charge in [-0.2, -0.15) is 0 Å². The first-order valence-electron chi connectivity index (χ1n) is 12.2. The number of anilines is 1. The van der Waals surface area contributed by atoms with Crippen molar-refractivity contribution in [3.05, 3.63) is 59.3 Å². The molecule has 1 unspecified atom stereocenters. The van der Waals surface area contributed by atoms with E-state index in [-0.39, 0.29) is 12.0 Å². The molecular formula is C28H38N2O4. The highest BCUT2D eigenvalue weighted by Crippen LogP contribution is 2.40. The van der Waals surface area contributed by atoms with Crippen molar-refractivity contribution < 1.29 is 19.1 Å². The van der Waals surface area contributed by atoms with Crippen LogP contribution in [0.5, 0.6) is 0 Å². The predicted octanol–water partition coefficient (Wildman–Crippen LogP) is 6.40. The summed E-state index contributed by atoms with van der Waals surface area (Å²) in [4.78, 5) is 29.8. The van der Waals surface area contributed by atoms with Crippen molar-refractivity contribution in [2.75, 3.05) is 5.32 Å². The van der Waals surface area contributed by atoms with Crippen molar-refractivity contribution in [3.8, 4) is 0 Å². The fourth-order valence-corrected chi connectivity index (χ4v) is 4.12. The van der Waals surface area contributed by atoms with E-state index in [1.165, 1.54) is 6.20 Å². The SMILES string of the molecule is CCC1(C)CCC(OC(C(=O)Nc2ccc(C(=O)OC(C)(C)C)cn2)c2ccc(C)cc2)CC1. The molecule has 0 radical (unpaired) electrons. The maximum absolute atomic E-state index is 13.3. The highest BCUT2D eigenvalue weighted by atomic mass is 16.6. The number of hydrogen-bond donors (Lipinski definition) is 1. The fourth-order valence-electron chi connectivity index (χ4n) is 4.12. The summed E-state index contributed by atoms with van der Waals surface area (Å²) in [6.07, 6.45) is 5.98. The minimum Gasteiger partial charge on any atom is -0.456 e. The lowest BCUT2D eigenvalue weighted by Crippen LogP contribution is -2.32. The van der Waals surface area contributed by atoms with Crippen LogP contribution in [0.4, 0.5) is 5.82 Å². The first-order valence-corrected chi connectivity index (χ1v) is 12.2. The van der Waals surface area contributed by atoms with Gasteiger partial charge in [-0.05, 0) is 76.5 Å². The van der Waals surface area contributed by atoms with Gasteiger partial charge in [0.25, 0.3) is 5.91 Å². The number of nitrogens with one attached hydrogen (secondary N) is 1. The summed E-state index contributed by atoms with van der Waals surface area (Å²) in [6, 6.07) is 11.1. The van der Waals surface area contributed by atoms with Crippen LogP contribution in [-0.2, 0) is 14.3 Å². The first kappa shape index (κ1) is 25.9. The maximum atomic E-state index is 13.3. The number of amides is 1. The Morgan fingerprint density at radius 2 is 1.76 bits per heavy atom. The third kappa shape index (κ3) is 7.13. The molecule has 1 fully saturated rings. The minimum absolute atomic E-state index is 0.0409. The summed E-state index contributed by atoms with van der Waals surface area (Å²) in [5.74, 6) is -0.361. The Balaban J connectivity index is 1.71. The molecule has 1 amide bonds. The molecule has 1 heterocycles. The average molecular weight is 467 g/mol. The molecule has 0 aliphatic heterocycles. The predicted molar refractivity (Wildman–Crippen MR) is 134 cm³/mol. The molecule has 1 N–H and O–H groups in total. The molecular weight excluding hydrogens is 428 g/mol. The van der Waals surface area contributed by atoms with E-state index >= 15 is 0 Å². The molecule has 184 valence electrons. The summed E-state index contributed by atoms with van der Waals surface area (Å²) in [5.41, 5.74) is 2.05. The lowest BCUT2D eigenvalue weighted by atomic mass is 9.73. The van der Waals surface area contributed by atoms with Gasteiger partial charge in [0.15, 0.2) is 6.10 Å². The van der Waals surface area contributed by atoms with Crippen molar-refractivity contribution in [3.63, 3.8) is 0 Å². The molecule has 0 spiro atoms. The van der Waals surface area contributed by atoms with Gasteiger partial charge in [-0.15, -0.1) is 0 Å². The normalized spacial score (nSPS) is 21.5. The molecule has 2 aromatic rings. The molecule has 3 rings (SSSR count). The second-order valence-electron chi connectivity index (χ2n) is 10.7. The molecule has 1 aromatic heterocycles. The number of benzene rings is 1. The summed E-state index contributed by atoms with van der Waals surface area (Å²) in [7, 11) is 0. The van der Waals surface area contributed by atoms with E-state index in [0.29, 0.717) is 16.8 Å². The number of ether oxygens (including phenoxy) is 2. The summed E-state index contributed by atoms with van der Waals surface area (Å²) in [5, 5.41) is 2.86. The van der Waals surface area contributed by atoms with Gasteiger partial charge in [-0.25, -0.2) is 9.78 Å². The molecule has 1 aliphatic rings. The Hall–Kier alpha value is -2.73.